The lowest BCUT2D eigenvalue weighted by molar-refractivity contribution is -0.00000495. The first-order chi connectivity index (χ1) is 9.54. The Morgan fingerprint density at radius 1 is 1.10 bits per heavy atom. The Morgan fingerprint density at radius 3 is 2.52 bits per heavy atom. The second-order valence-electron chi connectivity index (χ2n) is 6.53. The first-order valence-electron chi connectivity index (χ1n) is 7.38. The lowest BCUT2D eigenvalue weighted by Crippen LogP contribution is -3.00. The van der Waals surface area contributed by atoms with Crippen LogP contribution in [0, 0.1) is 0 Å². The van der Waals surface area contributed by atoms with Gasteiger partial charge in [-0.05, 0) is 36.8 Å². The van der Waals surface area contributed by atoms with Gasteiger partial charge < -0.3 is 16.8 Å². The number of thiol groups is 1. The number of hydrogen-bond donors (Lipinski definition) is 0. The van der Waals surface area contributed by atoms with E-state index >= 15 is 0 Å². The summed E-state index contributed by atoms with van der Waals surface area (Å²) in [5.74, 6) is 4.49. The normalized spacial score (nSPS) is 18.5. The van der Waals surface area contributed by atoms with Crippen molar-refractivity contribution in [3.8, 4) is 5.75 Å². The van der Waals surface area contributed by atoms with Gasteiger partial charge in [0.1, 0.15) is 17.3 Å². The third kappa shape index (κ3) is 3.76. The van der Waals surface area contributed by atoms with Crippen molar-refractivity contribution in [2.45, 2.75) is 32.0 Å². The highest BCUT2D eigenvalue weighted by atomic mass is 35.5. The first-order valence-corrected chi connectivity index (χ1v) is 12.1. The van der Waals surface area contributed by atoms with Gasteiger partial charge in [0.05, 0.1) is 0 Å². The van der Waals surface area contributed by atoms with Crippen LogP contribution in [0.25, 0.3) is 10.8 Å². The zero-order valence-corrected chi connectivity index (χ0v) is 15.5. The molecule has 1 aliphatic rings. The van der Waals surface area contributed by atoms with Crippen molar-refractivity contribution in [2.24, 2.45) is 0 Å². The average molecular weight is 339 g/mol. The van der Waals surface area contributed by atoms with Crippen LogP contribution < -0.4 is 16.8 Å². The minimum Gasteiger partial charge on any atom is -1.00 e. The molecule has 0 saturated carbocycles. The molecule has 0 bridgehead atoms. The van der Waals surface area contributed by atoms with Gasteiger partial charge >= 0.3 is 0 Å². The Balaban J connectivity index is 0.00000161. The summed E-state index contributed by atoms with van der Waals surface area (Å²) in [7, 11) is -1.60. The molecule has 0 spiro atoms. The number of rotatable bonds is 3. The topological polar surface area (TPSA) is 9.23 Å². The minimum atomic E-state index is -1.60. The predicted molar refractivity (Wildman–Crippen MR) is 93.8 cm³/mol. The molecule has 2 aromatic carbocycles. The quantitative estimate of drug-likeness (QED) is 0.466. The van der Waals surface area contributed by atoms with Crippen LogP contribution in [0.2, 0.25) is 19.6 Å². The van der Waals surface area contributed by atoms with Crippen molar-refractivity contribution in [3.63, 3.8) is 0 Å². The summed E-state index contributed by atoms with van der Waals surface area (Å²) in [5.41, 5.74) is 1.44. The van der Waals surface area contributed by atoms with Crippen LogP contribution >= 0.6 is 0 Å². The van der Waals surface area contributed by atoms with Crippen molar-refractivity contribution in [1.29, 1.82) is 0 Å². The molecular formula is C17H23ClOSSi. The molecule has 1 fully saturated rings. The van der Waals surface area contributed by atoms with E-state index in [0.29, 0.717) is 5.92 Å². The molecule has 1 aliphatic heterocycles. The molecule has 0 amide bonds. The molecule has 1 unspecified atom stereocenters. The van der Waals surface area contributed by atoms with E-state index < -0.39 is 8.32 Å². The maximum absolute atomic E-state index is 6.49. The molecule has 3 rings (SSSR count). The molecule has 0 aromatic heterocycles. The number of halogens is 1. The van der Waals surface area contributed by atoms with Crippen molar-refractivity contribution in [2.75, 3.05) is 11.5 Å². The van der Waals surface area contributed by atoms with Crippen LogP contribution in [-0.4, -0.2) is 19.8 Å². The smallest absolute Gasteiger partial charge is 0.242 e. The molecule has 21 heavy (non-hydrogen) atoms. The Morgan fingerprint density at radius 2 is 1.86 bits per heavy atom. The fourth-order valence-corrected chi connectivity index (χ4v) is 5.05. The molecule has 1 atom stereocenters. The largest absolute Gasteiger partial charge is 1.00 e. The van der Waals surface area contributed by atoms with E-state index in [9.17, 15) is 0 Å². The van der Waals surface area contributed by atoms with Crippen LogP contribution in [0.5, 0.6) is 5.75 Å². The van der Waals surface area contributed by atoms with Crippen LogP contribution in [0.1, 0.15) is 17.9 Å². The fraction of sp³-hybridized carbons (Fsp3) is 0.412. The maximum Gasteiger partial charge on any atom is 0.242 e. The summed E-state index contributed by atoms with van der Waals surface area (Å²) in [4.78, 5) is 0. The number of benzene rings is 2. The van der Waals surface area contributed by atoms with E-state index in [1.165, 1.54) is 40.0 Å². The monoisotopic (exact) mass is 338 g/mol. The summed E-state index contributed by atoms with van der Waals surface area (Å²) in [6, 6.07) is 13.2. The molecule has 0 radical (unpaired) electrons. The number of hydrogen-bond acceptors (Lipinski definition) is 1. The maximum atomic E-state index is 6.49. The van der Waals surface area contributed by atoms with Gasteiger partial charge in [-0.15, -0.1) is 0 Å². The lowest BCUT2D eigenvalue weighted by Gasteiger charge is -2.24. The van der Waals surface area contributed by atoms with Crippen LogP contribution in [-0.2, 0) is 11.8 Å². The van der Waals surface area contributed by atoms with Gasteiger partial charge in [0.15, 0.2) is 0 Å². The Bertz CT molecular complexity index is 618. The molecule has 0 N–H and O–H groups in total. The standard InChI is InChI=1S/C17H22OSSi.ClH/c1-20(2,3)18-17-15-7-5-4-6-13(15)8-9-16(17)14-10-11-19-12-14;/h4-9,14H,10-12H2,1-3H3;1H. The molecular weight excluding hydrogens is 316 g/mol. The van der Waals surface area contributed by atoms with Gasteiger partial charge in [-0.25, -0.2) is 0 Å². The minimum absolute atomic E-state index is 0. The van der Waals surface area contributed by atoms with E-state index in [2.05, 4.69) is 56.0 Å². The second kappa shape index (κ2) is 6.63. The van der Waals surface area contributed by atoms with Gasteiger partial charge in [-0.2, -0.15) is 0 Å². The summed E-state index contributed by atoms with van der Waals surface area (Å²) in [6.07, 6.45) is 1.31. The number of fused-ring (bicyclic) bond motifs is 1. The molecule has 1 saturated heterocycles. The molecule has 4 heteroatoms. The van der Waals surface area contributed by atoms with Gasteiger partial charge in [-0.3, -0.25) is 0 Å². The van der Waals surface area contributed by atoms with Gasteiger partial charge in [0.25, 0.3) is 0 Å². The average Bonchev–Trinajstić information content (AvgIpc) is 2.91. The van der Waals surface area contributed by atoms with Crippen LogP contribution in [0.3, 0.4) is 0 Å². The third-order valence-corrected chi connectivity index (χ3v) is 5.83. The van der Waals surface area contributed by atoms with Crippen LogP contribution in [0.15, 0.2) is 36.4 Å². The highest BCUT2D eigenvalue weighted by Crippen LogP contribution is 2.39. The summed E-state index contributed by atoms with van der Waals surface area (Å²) >= 11 is 1.60. The van der Waals surface area contributed by atoms with Gasteiger partial charge in [0.2, 0.25) is 8.32 Å². The van der Waals surface area contributed by atoms with Gasteiger partial charge in [0, 0.05) is 23.3 Å². The Hall–Kier alpha value is -0.643. The van der Waals surface area contributed by atoms with E-state index in [1.54, 1.807) is 11.8 Å². The van der Waals surface area contributed by atoms with Crippen LogP contribution in [0.4, 0.5) is 0 Å². The van der Waals surface area contributed by atoms with Crippen molar-refractivity contribution in [3.05, 3.63) is 42.0 Å². The lowest BCUT2D eigenvalue weighted by atomic mass is 9.94. The zero-order chi connectivity index (χ0) is 14.2. The third-order valence-electron chi connectivity index (χ3n) is 3.74. The Kier molecular flexibility index (Phi) is 5.28. The second-order valence-corrected chi connectivity index (χ2v) is 12.2. The molecule has 114 valence electrons. The Labute approximate surface area is 139 Å². The molecule has 0 aliphatic carbocycles. The molecule has 1 nitrogen and oxygen atoms in total. The van der Waals surface area contributed by atoms with E-state index in [1.807, 2.05) is 0 Å². The SMILES string of the molecule is C[Si](C)(C)Oc1c(C2CC[SH+]C2)ccc2ccccc12.[Cl-]. The molecule has 1 heterocycles. The highest BCUT2D eigenvalue weighted by Gasteiger charge is 2.29. The van der Waals surface area contributed by atoms with Gasteiger partial charge in [-0.1, -0.05) is 36.4 Å². The van der Waals surface area contributed by atoms with Crippen molar-refractivity contribution in [1.82, 2.24) is 0 Å². The fourth-order valence-electron chi connectivity index (χ4n) is 2.84. The van der Waals surface area contributed by atoms with E-state index in [0.717, 1.165) is 0 Å². The highest BCUT2D eigenvalue weighted by molar-refractivity contribution is 7.78. The van der Waals surface area contributed by atoms with Crippen molar-refractivity contribution < 1.29 is 16.8 Å². The van der Waals surface area contributed by atoms with E-state index in [-0.39, 0.29) is 12.4 Å². The summed E-state index contributed by atoms with van der Waals surface area (Å²) in [5, 5.41) is 2.58. The predicted octanol–water partition coefficient (Wildman–Crippen LogP) is 1.36. The molecule has 2 aromatic rings. The van der Waals surface area contributed by atoms with E-state index in [4.69, 9.17) is 4.43 Å². The van der Waals surface area contributed by atoms with Crippen molar-refractivity contribution >= 4 is 30.9 Å². The summed E-state index contributed by atoms with van der Waals surface area (Å²) in [6.45, 7) is 6.81. The zero-order valence-electron chi connectivity index (χ0n) is 12.9. The first kappa shape index (κ1) is 16.7. The summed E-state index contributed by atoms with van der Waals surface area (Å²) < 4.78 is 6.49.